The normalized spacial score (nSPS) is 19.7. The number of ether oxygens (including phenoxy) is 1. The van der Waals surface area contributed by atoms with Gasteiger partial charge in [-0.25, -0.2) is 4.79 Å². The standard InChI is InChI=1S/C20H31N3O2/c1-25-19-8-6-16(7-9-19)14-21-20(24)22-15-17-10-12-23(13-11-17)18-4-2-3-5-18/h6-9,17-18H,2-5,10-15H2,1H3,(H2,21,22,24). The van der Waals surface area contributed by atoms with Gasteiger partial charge in [-0.1, -0.05) is 25.0 Å². The molecule has 5 nitrogen and oxygen atoms in total. The maximum absolute atomic E-state index is 12.0. The minimum atomic E-state index is -0.0750. The fraction of sp³-hybridized carbons (Fsp3) is 0.650. The van der Waals surface area contributed by atoms with Crippen LogP contribution < -0.4 is 15.4 Å². The Morgan fingerprint density at radius 3 is 2.40 bits per heavy atom. The van der Waals surface area contributed by atoms with Crippen molar-refractivity contribution in [2.24, 2.45) is 5.92 Å². The maximum Gasteiger partial charge on any atom is 0.315 e. The first-order chi connectivity index (χ1) is 12.2. The van der Waals surface area contributed by atoms with Gasteiger partial charge in [0.05, 0.1) is 7.11 Å². The van der Waals surface area contributed by atoms with E-state index in [0.717, 1.165) is 23.9 Å². The fourth-order valence-electron chi connectivity index (χ4n) is 4.02. The van der Waals surface area contributed by atoms with E-state index in [1.165, 1.54) is 51.6 Å². The SMILES string of the molecule is COc1ccc(CNC(=O)NCC2CCN(C3CCCC3)CC2)cc1. The van der Waals surface area contributed by atoms with E-state index in [0.29, 0.717) is 12.5 Å². The van der Waals surface area contributed by atoms with Gasteiger partial charge >= 0.3 is 6.03 Å². The Labute approximate surface area is 151 Å². The molecule has 1 saturated carbocycles. The minimum Gasteiger partial charge on any atom is -0.497 e. The topological polar surface area (TPSA) is 53.6 Å². The van der Waals surface area contributed by atoms with E-state index < -0.39 is 0 Å². The molecule has 3 rings (SSSR count). The number of hydrogen-bond donors (Lipinski definition) is 2. The lowest BCUT2D eigenvalue weighted by molar-refractivity contribution is 0.133. The average Bonchev–Trinajstić information content (AvgIpc) is 3.20. The molecule has 2 fully saturated rings. The van der Waals surface area contributed by atoms with Crippen LogP contribution in [-0.4, -0.2) is 43.7 Å². The first kappa shape index (κ1) is 18.1. The molecule has 138 valence electrons. The molecule has 1 aliphatic heterocycles. The molecule has 5 heteroatoms. The number of nitrogens with zero attached hydrogens (tertiary/aromatic N) is 1. The number of urea groups is 1. The fourth-order valence-corrected chi connectivity index (χ4v) is 4.02. The van der Waals surface area contributed by atoms with Crippen molar-refractivity contribution in [3.05, 3.63) is 29.8 Å². The molecule has 1 aliphatic carbocycles. The summed E-state index contributed by atoms with van der Waals surface area (Å²) in [5, 5.41) is 5.96. The predicted molar refractivity (Wildman–Crippen MR) is 99.8 cm³/mol. The van der Waals surface area contributed by atoms with Crippen molar-refractivity contribution < 1.29 is 9.53 Å². The van der Waals surface area contributed by atoms with Gasteiger partial charge in [0.25, 0.3) is 0 Å². The number of piperidine rings is 1. The van der Waals surface area contributed by atoms with Gasteiger partial charge in [-0.05, 0) is 62.4 Å². The highest BCUT2D eigenvalue weighted by atomic mass is 16.5. The molecule has 25 heavy (non-hydrogen) atoms. The summed E-state index contributed by atoms with van der Waals surface area (Å²) in [6.07, 6.45) is 7.99. The van der Waals surface area contributed by atoms with Crippen LogP contribution >= 0.6 is 0 Å². The molecule has 0 unspecified atom stereocenters. The summed E-state index contributed by atoms with van der Waals surface area (Å²) in [4.78, 5) is 14.7. The number of amides is 2. The number of carbonyl (C=O) groups is 1. The van der Waals surface area contributed by atoms with Gasteiger partial charge in [-0.15, -0.1) is 0 Å². The van der Waals surface area contributed by atoms with Crippen molar-refractivity contribution in [3.63, 3.8) is 0 Å². The molecule has 0 atom stereocenters. The molecule has 0 radical (unpaired) electrons. The van der Waals surface area contributed by atoms with Crippen LogP contribution in [-0.2, 0) is 6.54 Å². The summed E-state index contributed by atoms with van der Waals surface area (Å²) in [5.41, 5.74) is 1.07. The third kappa shape index (κ3) is 5.36. The van der Waals surface area contributed by atoms with E-state index in [1.807, 2.05) is 24.3 Å². The average molecular weight is 345 g/mol. The molecule has 1 saturated heterocycles. The van der Waals surface area contributed by atoms with Gasteiger partial charge in [0.1, 0.15) is 5.75 Å². The second kappa shape index (κ2) is 9.09. The Morgan fingerprint density at radius 2 is 1.76 bits per heavy atom. The van der Waals surface area contributed by atoms with Gasteiger partial charge in [-0.2, -0.15) is 0 Å². The Bertz CT molecular complexity index is 532. The van der Waals surface area contributed by atoms with Crippen LogP contribution in [0.2, 0.25) is 0 Å². The van der Waals surface area contributed by atoms with Crippen molar-refractivity contribution in [3.8, 4) is 5.75 Å². The second-order valence-corrected chi connectivity index (χ2v) is 7.33. The molecule has 2 aliphatic rings. The monoisotopic (exact) mass is 345 g/mol. The van der Waals surface area contributed by atoms with Crippen molar-refractivity contribution >= 4 is 6.03 Å². The van der Waals surface area contributed by atoms with Crippen molar-refractivity contribution in [1.29, 1.82) is 0 Å². The lowest BCUT2D eigenvalue weighted by Gasteiger charge is -2.36. The molecule has 1 aromatic rings. The third-order valence-corrected chi connectivity index (χ3v) is 5.65. The predicted octanol–water partition coefficient (Wildman–Crippen LogP) is 3.15. The molecule has 0 bridgehead atoms. The van der Waals surface area contributed by atoms with Crippen LogP contribution in [0.5, 0.6) is 5.75 Å². The number of hydrogen-bond acceptors (Lipinski definition) is 3. The number of methoxy groups -OCH3 is 1. The Morgan fingerprint density at radius 1 is 1.08 bits per heavy atom. The van der Waals surface area contributed by atoms with Crippen LogP contribution in [0.25, 0.3) is 0 Å². The van der Waals surface area contributed by atoms with Gasteiger partial charge in [0, 0.05) is 19.1 Å². The quantitative estimate of drug-likeness (QED) is 0.833. The molecular formula is C20H31N3O2. The summed E-state index contributed by atoms with van der Waals surface area (Å²) >= 11 is 0. The third-order valence-electron chi connectivity index (χ3n) is 5.65. The Hall–Kier alpha value is -1.75. The van der Waals surface area contributed by atoms with Gasteiger partial charge in [-0.3, -0.25) is 0 Å². The number of benzene rings is 1. The van der Waals surface area contributed by atoms with E-state index in [9.17, 15) is 4.79 Å². The summed E-state index contributed by atoms with van der Waals surface area (Å²) in [6.45, 7) is 3.72. The number of carbonyl (C=O) groups excluding carboxylic acids is 1. The van der Waals surface area contributed by atoms with E-state index >= 15 is 0 Å². The number of rotatable bonds is 6. The highest BCUT2D eigenvalue weighted by molar-refractivity contribution is 5.73. The van der Waals surface area contributed by atoms with E-state index in [1.54, 1.807) is 7.11 Å². The molecule has 2 N–H and O–H groups in total. The maximum atomic E-state index is 12.0. The van der Waals surface area contributed by atoms with Gasteiger partial charge in [0.2, 0.25) is 0 Å². The Balaban J connectivity index is 1.31. The van der Waals surface area contributed by atoms with Crippen LogP contribution in [0.4, 0.5) is 4.79 Å². The highest BCUT2D eigenvalue weighted by Crippen LogP contribution is 2.27. The van der Waals surface area contributed by atoms with E-state index in [2.05, 4.69) is 15.5 Å². The van der Waals surface area contributed by atoms with Crippen LogP contribution in [0.15, 0.2) is 24.3 Å². The molecule has 2 amide bonds. The summed E-state index contributed by atoms with van der Waals surface area (Å²) < 4.78 is 5.14. The lowest BCUT2D eigenvalue weighted by atomic mass is 9.95. The number of likely N-dealkylation sites (tertiary alicyclic amines) is 1. The van der Waals surface area contributed by atoms with Crippen LogP contribution in [0, 0.1) is 5.92 Å². The Kier molecular flexibility index (Phi) is 6.56. The zero-order valence-corrected chi connectivity index (χ0v) is 15.3. The zero-order valence-electron chi connectivity index (χ0n) is 15.3. The van der Waals surface area contributed by atoms with E-state index in [-0.39, 0.29) is 6.03 Å². The van der Waals surface area contributed by atoms with Crippen molar-refractivity contribution in [2.75, 3.05) is 26.7 Å². The molecule has 1 aromatic carbocycles. The highest BCUT2D eigenvalue weighted by Gasteiger charge is 2.27. The van der Waals surface area contributed by atoms with Crippen LogP contribution in [0.1, 0.15) is 44.1 Å². The summed E-state index contributed by atoms with van der Waals surface area (Å²) in [7, 11) is 1.65. The number of nitrogens with one attached hydrogen (secondary N) is 2. The molecular weight excluding hydrogens is 314 g/mol. The first-order valence-corrected chi connectivity index (χ1v) is 9.63. The summed E-state index contributed by atoms with van der Waals surface area (Å²) in [6, 6.07) is 8.52. The molecule has 1 heterocycles. The largest absolute Gasteiger partial charge is 0.497 e. The zero-order chi connectivity index (χ0) is 17.5. The summed E-state index contributed by atoms with van der Waals surface area (Å²) in [5.74, 6) is 1.45. The van der Waals surface area contributed by atoms with Gasteiger partial charge in [0.15, 0.2) is 0 Å². The van der Waals surface area contributed by atoms with Gasteiger partial charge < -0.3 is 20.3 Å². The van der Waals surface area contributed by atoms with Crippen molar-refractivity contribution in [2.45, 2.75) is 51.1 Å². The van der Waals surface area contributed by atoms with E-state index in [4.69, 9.17) is 4.74 Å². The minimum absolute atomic E-state index is 0.0750. The second-order valence-electron chi connectivity index (χ2n) is 7.33. The lowest BCUT2D eigenvalue weighted by Crippen LogP contribution is -2.44. The van der Waals surface area contributed by atoms with Crippen LogP contribution in [0.3, 0.4) is 0 Å². The van der Waals surface area contributed by atoms with Crippen molar-refractivity contribution in [1.82, 2.24) is 15.5 Å². The molecule has 0 spiro atoms. The first-order valence-electron chi connectivity index (χ1n) is 9.63. The molecule has 0 aromatic heterocycles. The smallest absolute Gasteiger partial charge is 0.315 e.